The molecule has 0 aliphatic rings. The summed E-state index contributed by atoms with van der Waals surface area (Å²) in [6.45, 7) is 27.1. The van der Waals surface area contributed by atoms with Crippen LogP contribution >= 0.6 is 0 Å². The van der Waals surface area contributed by atoms with Crippen molar-refractivity contribution in [3.8, 4) is 0 Å². The fraction of sp³-hybridized carbons (Fsp3) is 1.00. The molecule has 0 heterocycles. The molecule has 0 saturated heterocycles. The molecule has 0 aromatic carbocycles. The Kier molecular flexibility index (Phi) is 18.6. The molecule has 2 unspecified atom stereocenters. The van der Waals surface area contributed by atoms with Gasteiger partial charge in [-0.25, -0.2) is 0 Å². The maximum absolute atomic E-state index is 7.07. The van der Waals surface area contributed by atoms with E-state index in [0.717, 1.165) is 57.5 Å². The van der Waals surface area contributed by atoms with Gasteiger partial charge in [-0.15, -0.1) is 0 Å². The maximum Gasteiger partial charge on any atom is 0.503 e. The molecule has 0 rings (SSSR count). The topological polar surface area (TPSA) is 70.7 Å². The van der Waals surface area contributed by atoms with Gasteiger partial charge in [0.1, 0.15) is 0 Å². The third-order valence-electron chi connectivity index (χ3n) is 7.50. The number of hydrogen-bond acceptors (Lipinski definition) is 8. The lowest BCUT2D eigenvalue weighted by atomic mass is 10.3. The van der Waals surface area contributed by atoms with Crippen LogP contribution in [0.25, 0.3) is 0 Å². The van der Waals surface area contributed by atoms with Gasteiger partial charge >= 0.3 is 17.4 Å². The highest BCUT2D eigenvalue weighted by atomic mass is 28.4. The molecule has 8 nitrogen and oxygen atoms in total. The highest BCUT2D eigenvalue weighted by Gasteiger charge is 2.50. The van der Waals surface area contributed by atoms with Crippen molar-refractivity contribution in [2.24, 2.45) is 0 Å². The summed E-state index contributed by atoms with van der Waals surface area (Å²) in [5.74, 6) is 0. The van der Waals surface area contributed by atoms with Crippen molar-refractivity contribution >= 4 is 43.7 Å². The summed E-state index contributed by atoms with van der Waals surface area (Å²) in [5.41, 5.74) is 0.759. The first-order valence-corrected chi connectivity index (χ1v) is 26.5. The van der Waals surface area contributed by atoms with E-state index in [9.17, 15) is 0 Å². The van der Waals surface area contributed by atoms with E-state index in [0.29, 0.717) is 5.54 Å². The maximum atomic E-state index is 7.07. The van der Waals surface area contributed by atoms with E-state index in [1.165, 1.54) is 0 Å². The third-order valence-corrected chi connectivity index (χ3v) is 25.2. The van der Waals surface area contributed by atoms with Gasteiger partial charge in [0.2, 0.25) is 0 Å². The second-order valence-corrected chi connectivity index (χ2v) is 28.2. The quantitative estimate of drug-likeness (QED) is 0.133. The standard InChI is InChI=1S/C24H62N2O6Si5/c1-14-26(15-2)35(11,12)32-34(9,10)21-24(23(5)37(27-6,28-7)29-8)33-22-25-19-18-20-36(13,30-16-3)31-17-4/h23-25H,14-22,33H2,1-13H3. The predicted molar refractivity (Wildman–Crippen MR) is 169 cm³/mol. The molecule has 0 radical (unpaired) electrons. The fourth-order valence-electron chi connectivity index (χ4n) is 5.77. The highest BCUT2D eigenvalue weighted by molar-refractivity contribution is 6.84. The second-order valence-electron chi connectivity index (χ2n) is 11.1. The smallest absolute Gasteiger partial charge is 0.444 e. The number of nitrogens with zero attached hydrogens (tertiary/aromatic N) is 1. The second kappa shape index (κ2) is 18.2. The van der Waals surface area contributed by atoms with Gasteiger partial charge in [0.05, 0.1) is 0 Å². The summed E-state index contributed by atoms with van der Waals surface area (Å²) < 4.78 is 39.4. The number of hydrogen-bond donors (Lipinski definition) is 1. The lowest BCUT2D eigenvalue weighted by Gasteiger charge is -2.43. The van der Waals surface area contributed by atoms with Crippen LogP contribution in [0.5, 0.6) is 0 Å². The molecule has 0 aliphatic carbocycles. The molecule has 0 aromatic rings. The summed E-state index contributed by atoms with van der Waals surface area (Å²) >= 11 is 0. The lowest BCUT2D eigenvalue weighted by molar-refractivity contribution is 0.112. The van der Waals surface area contributed by atoms with E-state index in [2.05, 4.69) is 77.2 Å². The van der Waals surface area contributed by atoms with E-state index >= 15 is 0 Å². The van der Waals surface area contributed by atoms with Crippen LogP contribution in [-0.2, 0) is 26.2 Å². The van der Waals surface area contributed by atoms with Crippen molar-refractivity contribution in [3.63, 3.8) is 0 Å². The number of rotatable bonds is 23. The Morgan fingerprint density at radius 1 is 0.838 bits per heavy atom. The van der Waals surface area contributed by atoms with E-state index in [4.69, 9.17) is 26.2 Å². The minimum Gasteiger partial charge on any atom is -0.444 e. The van der Waals surface area contributed by atoms with Crippen molar-refractivity contribution in [1.82, 2.24) is 9.88 Å². The molecule has 0 saturated carbocycles. The van der Waals surface area contributed by atoms with Crippen LogP contribution in [0.1, 0.15) is 41.0 Å². The molecular weight excluding hydrogens is 553 g/mol. The Balaban J connectivity index is 5.37. The van der Waals surface area contributed by atoms with Crippen molar-refractivity contribution in [3.05, 3.63) is 0 Å². The molecule has 224 valence electrons. The average Bonchev–Trinajstić information content (AvgIpc) is 2.82. The van der Waals surface area contributed by atoms with Crippen molar-refractivity contribution in [1.29, 1.82) is 0 Å². The Labute approximate surface area is 236 Å². The zero-order valence-corrected chi connectivity index (χ0v) is 32.0. The predicted octanol–water partition coefficient (Wildman–Crippen LogP) is 4.56. The van der Waals surface area contributed by atoms with Crippen LogP contribution in [0.15, 0.2) is 0 Å². The molecule has 0 amide bonds. The molecule has 0 fully saturated rings. The normalized spacial score (nSPS) is 15.7. The first-order valence-electron chi connectivity index (χ1n) is 14.3. The molecule has 13 heteroatoms. The van der Waals surface area contributed by atoms with Gasteiger partial charge in [0.25, 0.3) is 8.48 Å². The van der Waals surface area contributed by atoms with Crippen LogP contribution < -0.4 is 5.32 Å². The Morgan fingerprint density at radius 2 is 1.35 bits per heavy atom. The van der Waals surface area contributed by atoms with Gasteiger partial charge in [-0.05, 0) is 96.4 Å². The molecule has 2 atom stereocenters. The third kappa shape index (κ3) is 12.9. The van der Waals surface area contributed by atoms with Crippen LogP contribution in [0.3, 0.4) is 0 Å². The van der Waals surface area contributed by atoms with Crippen molar-refractivity contribution in [2.75, 3.05) is 60.3 Å². The Hall–Kier alpha value is 0.764. The fourth-order valence-corrected chi connectivity index (χ4v) is 25.7. The Morgan fingerprint density at radius 3 is 1.78 bits per heavy atom. The minimum atomic E-state index is -2.75. The Bertz CT molecular complexity index is 584. The lowest BCUT2D eigenvalue weighted by Crippen LogP contribution is -2.57. The molecule has 0 bridgehead atoms. The largest absolute Gasteiger partial charge is 0.503 e. The molecular formula is C24H62N2O6Si5. The minimum absolute atomic E-state index is 0.237. The van der Waals surface area contributed by atoms with Crippen molar-refractivity contribution in [2.45, 2.75) is 96.9 Å². The molecule has 0 spiro atoms. The molecule has 37 heavy (non-hydrogen) atoms. The molecule has 0 aromatic heterocycles. The summed E-state index contributed by atoms with van der Waals surface area (Å²) in [4.78, 5) is 0. The van der Waals surface area contributed by atoms with E-state index in [1.807, 2.05) is 0 Å². The van der Waals surface area contributed by atoms with Crippen molar-refractivity contribution < 1.29 is 26.2 Å². The van der Waals surface area contributed by atoms with Gasteiger partial charge in [0, 0.05) is 49.6 Å². The number of nitrogens with one attached hydrogen (secondary N) is 1. The zero-order valence-electron chi connectivity index (χ0n) is 26.6. The SMILES string of the molecule is CCO[Si](C)(CCCNC[SiH2]C(C[Si](C)(C)O[Si](C)(C)N(CC)CC)C(C)[Si](OC)(OC)OC)OCC. The summed E-state index contributed by atoms with van der Waals surface area (Å²) in [6, 6.07) is 2.14. The van der Waals surface area contributed by atoms with Gasteiger partial charge in [0.15, 0.2) is 8.32 Å². The van der Waals surface area contributed by atoms with E-state index in [-0.39, 0.29) is 5.54 Å². The van der Waals surface area contributed by atoms with Gasteiger partial charge in [-0.3, -0.25) is 0 Å². The monoisotopic (exact) mass is 614 g/mol. The van der Waals surface area contributed by atoms with Crippen LogP contribution in [0.2, 0.25) is 55.9 Å². The van der Waals surface area contributed by atoms with E-state index < -0.39 is 43.7 Å². The van der Waals surface area contributed by atoms with Gasteiger partial charge in [-0.2, -0.15) is 0 Å². The first-order chi connectivity index (χ1) is 17.3. The first kappa shape index (κ1) is 37.8. The molecule has 0 aliphatic heterocycles. The van der Waals surface area contributed by atoms with Crippen LogP contribution in [0.4, 0.5) is 0 Å². The molecule has 1 N–H and O–H groups in total. The van der Waals surface area contributed by atoms with Gasteiger partial charge in [-0.1, -0.05) is 20.8 Å². The summed E-state index contributed by atoms with van der Waals surface area (Å²) in [6.07, 6.45) is 2.16. The van der Waals surface area contributed by atoms with Crippen LogP contribution in [-0.4, -0.2) is 109 Å². The zero-order chi connectivity index (χ0) is 28.8. The van der Waals surface area contributed by atoms with Gasteiger partial charge < -0.3 is 36.1 Å². The highest BCUT2D eigenvalue weighted by Crippen LogP contribution is 2.40. The summed E-state index contributed by atoms with van der Waals surface area (Å²) in [5, 5.41) is 3.74. The van der Waals surface area contributed by atoms with E-state index in [1.54, 1.807) is 21.3 Å². The average molecular weight is 615 g/mol. The van der Waals surface area contributed by atoms with Crippen LogP contribution in [0, 0.1) is 0 Å². The summed E-state index contributed by atoms with van der Waals surface area (Å²) in [7, 11) is -3.94.